The van der Waals surface area contributed by atoms with E-state index in [0.29, 0.717) is 19.5 Å². The van der Waals surface area contributed by atoms with Crippen molar-refractivity contribution in [2.75, 3.05) is 6.54 Å². The minimum absolute atomic E-state index is 0.202. The molecule has 1 aromatic carbocycles. The van der Waals surface area contributed by atoms with Crippen molar-refractivity contribution in [1.29, 1.82) is 0 Å². The Hall–Kier alpha value is -1.77. The topological polar surface area (TPSA) is 79.4 Å². The zero-order valence-corrected chi connectivity index (χ0v) is 16.5. The summed E-state index contributed by atoms with van der Waals surface area (Å²) in [5.74, 6) is -0.269. The Morgan fingerprint density at radius 1 is 1.23 bits per heavy atom. The van der Waals surface area contributed by atoms with Crippen molar-refractivity contribution in [3.8, 4) is 0 Å². The highest BCUT2D eigenvalue weighted by Gasteiger charge is 2.37. The maximum atomic E-state index is 13.0. The van der Waals surface area contributed by atoms with Crippen LogP contribution >= 0.6 is 15.9 Å². The molecule has 0 aliphatic carbocycles. The van der Waals surface area contributed by atoms with Gasteiger partial charge in [0.05, 0.1) is 4.90 Å². The van der Waals surface area contributed by atoms with Gasteiger partial charge in [0, 0.05) is 30.0 Å². The van der Waals surface area contributed by atoms with Gasteiger partial charge in [-0.25, -0.2) is 8.42 Å². The third kappa shape index (κ3) is 4.31. The molecule has 1 aliphatic rings. The van der Waals surface area contributed by atoms with Gasteiger partial charge < -0.3 is 5.32 Å². The summed E-state index contributed by atoms with van der Waals surface area (Å²) in [6, 6.07) is 9.46. The summed E-state index contributed by atoms with van der Waals surface area (Å²) in [6.07, 6.45) is 5.45. The molecule has 1 unspecified atom stereocenters. The van der Waals surface area contributed by atoms with Crippen molar-refractivity contribution in [1.82, 2.24) is 14.6 Å². The predicted molar refractivity (Wildman–Crippen MR) is 102 cm³/mol. The largest absolute Gasteiger partial charge is 0.351 e. The van der Waals surface area contributed by atoms with E-state index < -0.39 is 16.1 Å². The van der Waals surface area contributed by atoms with E-state index in [2.05, 4.69) is 26.2 Å². The second-order valence-corrected chi connectivity index (χ2v) is 8.97. The van der Waals surface area contributed by atoms with Crippen LogP contribution in [0.5, 0.6) is 0 Å². The summed E-state index contributed by atoms with van der Waals surface area (Å²) in [5, 5.41) is 2.84. The lowest BCUT2D eigenvalue weighted by molar-refractivity contribution is -0.125. The lowest BCUT2D eigenvalue weighted by Gasteiger charge is -2.33. The van der Waals surface area contributed by atoms with Gasteiger partial charge in [0.1, 0.15) is 6.04 Å². The number of hydrogen-bond donors (Lipinski definition) is 1. The Kier molecular flexibility index (Phi) is 6.05. The molecule has 0 bridgehead atoms. The van der Waals surface area contributed by atoms with E-state index in [-0.39, 0.29) is 10.8 Å². The fourth-order valence-corrected chi connectivity index (χ4v) is 4.93. The van der Waals surface area contributed by atoms with Gasteiger partial charge in [-0.2, -0.15) is 4.31 Å². The Labute approximate surface area is 161 Å². The fourth-order valence-electron chi connectivity index (χ4n) is 3.01. The van der Waals surface area contributed by atoms with Gasteiger partial charge >= 0.3 is 0 Å². The van der Waals surface area contributed by atoms with Gasteiger partial charge in [0.15, 0.2) is 0 Å². The SMILES string of the molecule is O=C(NCc1cccnc1)C1CCCCN1S(=O)(=O)c1ccc(Br)cc1. The van der Waals surface area contributed by atoms with Crippen LogP contribution in [0.4, 0.5) is 0 Å². The van der Waals surface area contributed by atoms with Crippen molar-refractivity contribution in [2.24, 2.45) is 0 Å². The summed E-state index contributed by atoms with van der Waals surface area (Å²) in [7, 11) is -3.72. The number of halogens is 1. The van der Waals surface area contributed by atoms with Crippen molar-refractivity contribution in [2.45, 2.75) is 36.7 Å². The Bertz CT molecular complexity index is 857. The molecule has 26 heavy (non-hydrogen) atoms. The van der Waals surface area contributed by atoms with Crippen LogP contribution in [0.2, 0.25) is 0 Å². The molecule has 3 rings (SSSR count). The zero-order chi connectivity index (χ0) is 18.6. The number of benzene rings is 1. The molecule has 1 amide bonds. The van der Waals surface area contributed by atoms with Crippen molar-refractivity contribution >= 4 is 31.9 Å². The van der Waals surface area contributed by atoms with Crippen LogP contribution in [-0.4, -0.2) is 36.2 Å². The van der Waals surface area contributed by atoms with Crippen LogP contribution in [0.1, 0.15) is 24.8 Å². The smallest absolute Gasteiger partial charge is 0.243 e. The van der Waals surface area contributed by atoms with Gasteiger partial charge in [0.2, 0.25) is 15.9 Å². The summed E-state index contributed by atoms with van der Waals surface area (Å²) in [4.78, 5) is 16.9. The van der Waals surface area contributed by atoms with E-state index in [0.717, 1.165) is 22.9 Å². The zero-order valence-electron chi connectivity index (χ0n) is 14.1. The molecule has 1 aromatic heterocycles. The van der Waals surface area contributed by atoms with E-state index in [1.165, 1.54) is 4.31 Å². The molecule has 1 N–H and O–H groups in total. The van der Waals surface area contributed by atoms with E-state index in [9.17, 15) is 13.2 Å². The maximum Gasteiger partial charge on any atom is 0.243 e. The minimum atomic E-state index is -3.72. The number of sulfonamides is 1. The van der Waals surface area contributed by atoms with Crippen molar-refractivity contribution in [3.05, 3.63) is 58.8 Å². The number of aromatic nitrogens is 1. The Morgan fingerprint density at radius 3 is 2.69 bits per heavy atom. The van der Waals surface area contributed by atoms with Crippen LogP contribution in [-0.2, 0) is 21.4 Å². The number of rotatable bonds is 5. The third-order valence-electron chi connectivity index (χ3n) is 4.37. The average molecular weight is 438 g/mol. The first-order valence-corrected chi connectivity index (χ1v) is 10.7. The number of piperidine rings is 1. The lowest BCUT2D eigenvalue weighted by Crippen LogP contribution is -2.51. The highest BCUT2D eigenvalue weighted by Crippen LogP contribution is 2.26. The summed E-state index contributed by atoms with van der Waals surface area (Å²) < 4.78 is 28.2. The first-order chi connectivity index (χ1) is 12.5. The van der Waals surface area contributed by atoms with Crippen LogP contribution < -0.4 is 5.32 Å². The number of hydrogen-bond acceptors (Lipinski definition) is 4. The maximum absolute atomic E-state index is 13.0. The first-order valence-electron chi connectivity index (χ1n) is 8.42. The second kappa shape index (κ2) is 8.28. The van der Waals surface area contributed by atoms with E-state index >= 15 is 0 Å². The normalized spacial score (nSPS) is 18.4. The number of carbonyl (C=O) groups is 1. The highest BCUT2D eigenvalue weighted by atomic mass is 79.9. The van der Waals surface area contributed by atoms with Crippen LogP contribution in [0.3, 0.4) is 0 Å². The summed E-state index contributed by atoms with van der Waals surface area (Å²) in [5.41, 5.74) is 0.874. The first kappa shape index (κ1) is 19.0. The molecule has 8 heteroatoms. The van der Waals surface area contributed by atoms with Crippen molar-refractivity contribution < 1.29 is 13.2 Å². The summed E-state index contributed by atoms with van der Waals surface area (Å²) in [6.45, 7) is 0.679. The predicted octanol–water partition coefficient (Wildman–Crippen LogP) is 2.70. The third-order valence-corrected chi connectivity index (χ3v) is 6.82. The number of nitrogens with zero attached hydrogens (tertiary/aromatic N) is 2. The van der Waals surface area contributed by atoms with Gasteiger partial charge in [-0.05, 0) is 48.7 Å². The lowest BCUT2D eigenvalue weighted by atomic mass is 10.0. The Morgan fingerprint density at radius 2 is 2.00 bits per heavy atom. The molecule has 2 heterocycles. The van der Waals surface area contributed by atoms with Crippen LogP contribution in [0.25, 0.3) is 0 Å². The molecule has 6 nitrogen and oxygen atoms in total. The van der Waals surface area contributed by atoms with Gasteiger partial charge in [0.25, 0.3) is 0 Å². The minimum Gasteiger partial charge on any atom is -0.351 e. The molecule has 0 saturated carbocycles. The van der Waals surface area contributed by atoms with Crippen LogP contribution in [0, 0.1) is 0 Å². The van der Waals surface area contributed by atoms with Gasteiger partial charge in [-0.1, -0.05) is 28.4 Å². The molecule has 2 aromatic rings. The molecular formula is C18H20BrN3O3S. The fraction of sp³-hybridized carbons (Fsp3) is 0.333. The average Bonchev–Trinajstić information content (AvgIpc) is 2.67. The molecule has 1 fully saturated rings. The molecule has 1 saturated heterocycles. The molecule has 138 valence electrons. The summed E-state index contributed by atoms with van der Waals surface area (Å²) >= 11 is 3.31. The van der Waals surface area contributed by atoms with Crippen molar-refractivity contribution in [3.63, 3.8) is 0 Å². The van der Waals surface area contributed by atoms with E-state index in [4.69, 9.17) is 0 Å². The second-order valence-electron chi connectivity index (χ2n) is 6.16. The molecule has 1 atom stereocenters. The van der Waals surface area contributed by atoms with E-state index in [1.54, 1.807) is 42.7 Å². The number of carbonyl (C=O) groups excluding carboxylic acids is 1. The number of amides is 1. The van der Waals surface area contributed by atoms with Gasteiger partial charge in [-0.3, -0.25) is 9.78 Å². The van der Waals surface area contributed by atoms with E-state index in [1.807, 2.05) is 6.07 Å². The molecule has 1 aliphatic heterocycles. The highest BCUT2D eigenvalue weighted by molar-refractivity contribution is 9.10. The molecular weight excluding hydrogens is 418 g/mol. The van der Waals surface area contributed by atoms with Gasteiger partial charge in [-0.15, -0.1) is 0 Å². The number of nitrogens with one attached hydrogen (secondary N) is 1. The molecule has 0 spiro atoms. The van der Waals surface area contributed by atoms with Crippen LogP contribution in [0.15, 0.2) is 58.2 Å². The number of pyridine rings is 1. The quantitative estimate of drug-likeness (QED) is 0.779. The monoisotopic (exact) mass is 437 g/mol. The standard InChI is InChI=1S/C18H20BrN3O3S/c19-15-6-8-16(9-7-15)26(24,25)22-11-2-1-5-17(22)18(23)21-13-14-4-3-10-20-12-14/h3-4,6-10,12,17H,1-2,5,11,13H2,(H,21,23). The molecule has 0 radical (unpaired) electrons. The Balaban J connectivity index is 1.76.